The van der Waals surface area contributed by atoms with E-state index in [1.807, 2.05) is 32.9 Å². The zero-order chi connectivity index (χ0) is 19.3. The second-order valence-electron chi connectivity index (χ2n) is 7.14. The summed E-state index contributed by atoms with van der Waals surface area (Å²) in [6.45, 7) is 7.62. The van der Waals surface area contributed by atoms with Gasteiger partial charge in [-0.25, -0.2) is 0 Å². The Kier molecular flexibility index (Phi) is 6.27. The molecule has 1 atom stereocenters. The van der Waals surface area contributed by atoms with E-state index >= 15 is 0 Å². The summed E-state index contributed by atoms with van der Waals surface area (Å²) in [6, 6.07) is 13.5. The largest absolute Gasteiger partial charge is 0.374 e. The van der Waals surface area contributed by atoms with Crippen molar-refractivity contribution in [3.8, 4) is 0 Å². The molecule has 0 aliphatic heterocycles. The lowest BCUT2D eigenvalue weighted by molar-refractivity contribution is -0.122. The summed E-state index contributed by atoms with van der Waals surface area (Å²) in [5.74, 6) is -0.280. The second-order valence-corrected chi connectivity index (χ2v) is 7.58. The number of rotatable bonds is 5. The van der Waals surface area contributed by atoms with E-state index < -0.39 is 0 Å². The number of nitrogens with one attached hydrogen (secondary N) is 3. The summed E-state index contributed by atoms with van der Waals surface area (Å²) in [5.41, 5.74) is 1.72. The first-order chi connectivity index (χ1) is 12.1. The lowest BCUT2D eigenvalue weighted by Crippen LogP contribution is -2.47. The summed E-state index contributed by atoms with van der Waals surface area (Å²) in [7, 11) is 0. The summed E-state index contributed by atoms with van der Waals surface area (Å²) in [5, 5.41) is 9.48. The number of carbonyl (C=O) groups is 2. The van der Waals surface area contributed by atoms with Crippen molar-refractivity contribution in [3.05, 3.63) is 59.1 Å². The van der Waals surface area contributed by atoms with Gasteiger partial charge in [-0.3, -0.25) is 9.59 Å². The molecule has 0 fully saturated rings. The van der Waals surface area contributed by atoms with E-state index in [2.05, 4.69) is 16.0 Å². The van der Waals surface area contributed by atoms with Gasteiger partial charge in [0.15, 0.2) is 0 Å². The molecule has 5 nitrogen and oxygen atoms in total. The Hall–Kier alpha value is -2.53. The van der Waals surface area contributed by atoms with E-state index in [1.54, 1.807) is 43.3 Å². The fourth-order valence-electron chi connectivity index (χ4n) is 2.25. The molecule has 0 aliphatic rings. The van der Waals surface area contributed by atoms with Gasteiger partial charge < -0.3 is 16.0 Å². The molecule has 0 radical (unpaired) electrons. The highest BCUT2D eigenvalue weighted by molar-refractivity contribution is 6.30. The monoisotopic (exact) mass is 373 g/mol. The number of anilines is 2. The van der Waals surface area contributed by atoms with Crippen LogP contribution < -0.4 is 16.0 Å². The van der Waals surface area contributed by atoms with Crippen LogP contribution in [0.3, 0.4) is 0 Å². The van der Waals surface area contributed by atoms with Gasteiger partial charge in [-0.05, 0) is 76.2 Å². The van der Waals surface area contributed by atoms with Gasteiger partial charge in [-0.15, -0.1) is 0 Å². The average Bonchev–Trinajstić information content (AvgIpc) is 2.55. The van der Waals surface area contributed by atoms with Crippen LogP contribution in [0.1, 0.15) is 38.1 Å². The van der Waals surface area contributed by atoms with Crippen molar-refractivity contribution in [2.75, 3.05) is 10.6 Å². The summed E-state index contributed by atoms with van der Waals surface area (Å²) >= 11 is 5.83. The first-order valence-corrected chi connectivity index (χ1v) is 8.77. The fourth-order valence-corrected chi connectivity index (χ4v) is 2.37. The molecule has 2 rings (SSSR count). The maximum absolute atomic E-state index is 12.2. The Morgan fingerprint density at radius 3 is 2.00 bits per heavy atom. The van der Waals surface area contributed by atoms with E-state index in [-0.39, 0.29) is 23.4 Å². The van der Waals surface area contributed by atoms with Gasteiger partial charge in [0.1, 0.15) is 6.04 Å². The Morgan fingerprint density at radius 2 is 1.46 bits per heavy atom. The molecule has 2 amide bonds. The van der Waals surface area contributed by atoms with Gasteiger partial charge >= 0.3 is 0 Å². The maximum Gasteiger partial charge on any atom is 0.255 e. The van der Waals surface area contributed by atoms with Crippen LogP contribution >= 0.6 is 11.6 Å². The first kappa shape index (κ1) is 19.8. The SMILES string of the molecule is CC(Nc1ccc(NC(=O)c2ccc(Cl)cc2)cc1)C(=O)NC(C)(C)C. The molecule has 6 heteroatoms. The van der Waals surface area contributed by atoms with Gasteiger partial charge in [0, 0.05) is 27.5 Å². The van der Waals surface area contributed by atoms with Crippen molar-refractivity contribution in [3.63, 3.8) is 0 Å². The minimum Gasteiger partial charge on any atom is -0.374 e. The molecule has 2 aromatic rings. The van der Waals surface area contributed by atoms with Gasteiger partial charge in [0.2, 0.25) is 5.91 Å². The first-order valence-electron chi connectivity index (χ1n) is 8.39. The minimum absolute atomic E-state index is 0.0717. The predicted molar refractivity (Wildman–Crippen MR) is 107 cm³/mol. The van der Waals surface area contributed by atoms with E-state index in [0.717, 1.165) is 5.69 Å². The highest BCUT2D eigenvalue weighted by atomic mass is 35.5. The highest BCUT2D eigenvalue weighted by Crippen LogP contribution is 2.16. The van der Waals surface area contributed by atoms with Crippen molar-refractivity contribution in [2.24, 2.45) is 0 Å². The topological polar surface area (TPSA) is 70.2 Å². The Morgan fingerprint density at radius 1 is 0.923 bits per heavy atom. The molecule has 0 aromatic heterocycles. The molecule has 0 aliphatic carbocycles. The number of hydrogen-bond donors (Lipinski definition) is 3. The maximum atomic E-state index is 12.2. The molecule has 0 spiro atoms. The predicted octanol–water partition coefficient (Wildman–Crippen LogP) is 4.31. The molecule has 138 valence electrons. The average molecular weight is 374 g/mol. The molecule has 0 saturated carbocycles. The Labute approximate surface area is 159 Å². The van der Waals surface area contributed by atoms with Crippen LogP contribution in [0.4, 0.5) is 11.4 Å². The molecular formula is C20H24ClN3O2. The van der Waals surface area contributed by atoms with Crippen LogP contribution in [0.25, 0.3) is 0 Å². The molecule has 0 saturated heterocycles. The number of benzene rings is 2. The van der Waals surface area contributed by atoms with Crippen molar-refractivity contribution in [2.45, 2.75) is 39.3 Å². The third kappa shape index (κ3) is 6.08. The minimum atomic E-state index is -0.372. The summed E-state index contributed by atoms with van der Waals surface area (Å²) in [6.07, 6.45) is 0. The standard InChI is InChI=1S/C20H24ClN3O2/c1-13(18(25)24-20(2,3)4)22-16-9-11-17(12-10-16)23-19(26)14-5-7-15(21)8-6-14/h5-13,22H,1-4H3,(H,23,26)(H,24,25). The van der Waals surface area contributed by atoms with E-state index in [9.17, 15) is 9.59 Å². The van der Waals surface area contributed by atoms with Crippen molar-refractivity contribution >= 4 is 34.8 Å². The normalized spacial score (nSPS) is 12.2. The highest BCUT2D eigenvalue weighted by Gasteiger charge is 2.19. The molecule has 0 bridgehead atoms. The van der Waals surface area contributed by atoms with Gasteiger partial charge in [0.25, 0.3) is 5.91 Å². The second kappa shape index (κ2) is 8.23. The van der Waals surface area contributed by atoms with Crippen LogP contribution in [0.2, 0.25) is 5.02 Å². The molecule has 1 unspecified atom stereocenters. The van der Waals surface area contributed by atoms with E-state index in [1.165, 1.54) is 0 Å². The van der Waals surface area contributed by atoms with Crippen molar-refractivity contribution in [1.82, 2.24) is 5.32 Å². The van der Waals surface area contributed by atoms with Crippen LogP contribution in [-0.4, -0.2) is 23.4 Å². The van der Waals surface area contributed by atoms with Crippen LogP contribution in [-0.2, 0) is 4.79 Å². The quantitative estimate of drug-likeness (QED) is 0.731. The number of carbonyl (C=O) groups excluding carboxylic acids is 2. The smallest absolute Gasteiger partial charge is 0.255 e. The Bertz CT molecular complexity index is 765. The van der Waals surface area contributed by atoms with Gasteiger partial charge in [-0.2, -0.15) is 0 Å². The Balaban J connectivity index is 1.94. The third-order valence-corrected chi connectivity index (χ3v) is 3.78. The zero-order valence-electron chi connectivity index (χ0n) is 15.4. The lowest BCUT2D eigenvalue weighted by atomic mass is 10.1. The molecular weight excluding hydrogens is 350 g/mol. The number of hydrogen-bond acceptors (Lipinski definition) is 3. The lowest BCUT2D eigenvalue weighted by Gasteiger charge is -2.24. The molecule has 2 aromatic carbocycles. The third-order valence-electron chi connectivity index (χ3n) is 3.52. The fraction of sp³-hybridized carbons (Fsp3) is 0.300. The van der Waals surface area contributed by atoms with Crippen LogP contribution in [0, 0.1) is 0 Å². The number of amides is 2. The van der Waals surface area contributed by atoms with Crippen LogP contribution in [0.5, 0.6) is 0 Å². The van der Waals surface area contributed by atoms with Gasteiger partial charge in [-0.1, -0.05) is 11.6 Å². The molecule has 3 N–H and O–H groups in total. The van der Waals surface area contributed by atoms with E-state index in [4.69, 9.17) is 11.6 Å². The van der Waals surface area contributed by atoms with Crippen LogP contribution in [0.15, 0.2) is 48.5 Å². The van der Waals surface area contributed by atoms with E-state index in [0.29, 0.717) is 16.3 Å². The van der Waals surface area contributed by atoms with Crippen molar-refractivity contribution < 1.29 is 9.59 Å². The summed E-state index contributed by atoms with van der Waals surface area (Å²) < 4.78 is 0. The number of halogens is 1. The zero-order valence-corrected chi connectivity index (χ0v) is 16.1. The molecule has 26 heavy (non-hydrogen) atoms. The summed E-state index contributed by atoms with van der Waals surface area (Å²) in [4.78, 5) is 24.3. The van der Waals surface area contributed by atoms with Gasteiger partial charge in [0.05, 0.1) is 0 Å². The molecule has 0 heterocycles. The van der Waals surface area contributed by atoms with Crippen molar-refractivity contribution in [1.29, 1.82) is 0 Å².